The van der Waals surface area contributed by atoms with Gasteiger partial charge in [-0.2, -0.15) is 0 Å². The number of hydrogen-bond donors (Lipinski definition) is 0. The zero-order valence-corrected chi connectivity index (χ0v) is 12.2. The van der Waals surface area contributed by atoms with Crippen molar-refractivity contribution in [2.45, 2.75) is 20.4 Å². The van der Waals surface area contributed by atoms with Gasteiger partial charge in [-0.3, -0.25) is 0 Å². The summed E-state index contributed by atoms with van der Waals surface area (Å²) in [4.78, 5) is 4.48. The lowest BCUT2D eigenvalue weighted by Crippen LogP contribution is -2.05. The van der Waals surface area contributed by atoms with Gasteiger partial charge in [0.25, 0.3) is 0 Å². The number of halogens is 1. The molecule has 0 aliphatic carbocycles. The molecule has 106 valence electrons. The highest BCUT2D eigenvalue weighted by molar-refractivity contribution is 5.56. The maximum absolute atomic E-state index is 13.1. The van der Waals surface area contributed by atoms with E-state index in [1.807, 2.05) is 25.3 Å². The summed E-state index contributed by atoms with van der Waals surface area (Å²) in [5, 5.41) is 0. The molecule has 2 aromatic carbocycles. The number of hydrogen-bond acceptors (Lipinski definition) is 1. The third-order valence-corrected chi connectivity index (χ3v) is 3.75. The molecule has 0 aliphatic heterocycles. The highest BCUT2D eigenvalue weighted by Crippen LogP contribution is 2.22. The minimum absolute atomic E-state index is 0.229. The van der Waals surface area contributed by atoms with Gasteiger partial charge >= 0.3 is 0 Å². The molecule has 21 heavy (non-hydrogen) atoms. The van der Waals surface area contributed by atoms with Crippen molar-refractivity contribution in [1.29, 1.82) is 0 Å². The van der Waals surface area contributed by atoms with Crippen LogP contribution in [0.15, 0.2) is 54.7 Å². The van der Waals surface area contributed by atoms with Crippen LogP contribution in [0.25, 0.3) is 11.4 Å². The third-order valence-electron chi connectivity index (χ3n) is 3.75. The molecule has 1 heterocycles. The normalized spacial score (nSPS) is 10.8. The molecule has 0 radical (unpaired) electrons. The van der Waals surface area contributed by atoms with Crippen LogP contribution in [-0.2, 0) is 6.54 Å². The van der Waals surface area contributed by atoms with E-state index in [0.29, 0.717) is 0 Å². The third kappa shape index (κ3) is 2.72. The second-order valence-electron chi connectivity index (χ2n) is 5.24. The second-order valence-corrected chi connectivity index (χ2v) is 5.24. The molecule has 0 saturated heterocycles. The van der Waals surface area contributed by atoms with Gasteiger partial charge in [-0.15, -0.1) is 0 Å². The number of aromatic nitrogens is 2. The lowest BCUT2D eigenvalue weighted by atomic mass is 10.1. The first-order valence-corrected chi connectivity index (χ1v) is 6.98. The summed E-state index contributed by atoms with van der Waals surface area (Å²) < 4.78 is 15.2. The Bertz CT molecular complexity index is 757. The number of imidazole rings is 1. The van der Waals surface area contributed by atoms with Gasteiger partial charge < -0.3 is 4.57 Å². The van der Waals surface area contributed by atoms with Gasteiger partial charge in [0.05, 0.1) is 0 Å². The Hall–Kier alpha value is -2.42. The molecular formula is C18H17FN2. The molecule has 0 N–H and O–H groups in total. The monoisotopic (exact) mass is 280 g/mol. The van der Waals surface area contributed by atoms with Gasteiger partial charge in [0.15, 0.2) is 0 Å². The molecule has 0 saturated carbocycles. The SMILES string of the molecule is Cc1ccccc1Cn1c(C)cnc1-c1ccc(F)cc1. The van der Waals surface area contributed by atoms with Crippen LogP contribution < -0.4 is 0 Å². The van der Waals surface area contributed by atoms with Gasteiger partial charge in [-0.05, 0) is 49.2 Å². The van der Waals surface area contributed by atoms with E-state index < -0.39 is 0 Å². The summed E-state index contributed by atoms with van der Waals surface area (Å²) in [5.41, 5.74) is 4.55. The molecule has 3 heteroatoms. The fourth-order valence-corrected chi connectivity index (χ4v) is 2.45. The summed E-state index contributed by atoms with van der Waals surface area (Å²) in [7, 11) is 0. The minimum atomic E-state index is -0.229. The fraction of sp³-hybridized carbons (Fsp3) is 0.167. The van der Waals surface area contributed by atoms with Crippen molar-refractivity contribution in [3.63, 3.8) is 0 Å². The number of nitrogens with zero attached hydrogens (tertiary/aromatic N) is 2. The van der Waals surface area contributed by atoms with Crippen LogP contribution in [-0.4, -0.2) is 9.55 Å². The zero-order valence-electron chi connectivity index (χ0n) is 12.2. The van der Waals surface area contributed by atoms with Crippen molar-refractivity contribution in [3.05, 3.63) is 77.4 Å². The molecule has 0 unspecified atom stereocenters. The Morgan fingerprint density at radius 3 is 2.43 bits per heavy atom. The number of benzene rings is 2. The molecule has 0 atom stereocenters. The van der Waals surface area contributed by atoms with Crippen LogP contribution >= 0.6 is 0 Å². The van der Waals surface area contributed by atoms with Gasteiger partial charge in [0.2, 0.25) is 0 Å². The van der Waals surface area contributed by atoms with Crippen LogP contribution in [0.4, 0.5) is 4.39 Å². The molecule has 3 aromatic rings. The van der Waals surface area contributed by atoms with Gasteiger partial charge in [0, 0.05) is 24.0 Å². The molecule has 0 fully saturated rings. The molecule has 3 rings (SSSR count). The largest absolute Gasteiger partial charge is 0.324 e. The highest BCUT2D eigenvalue weighted by atomic mass is 19.1. The standard InChI is InChI=1S/C18H17FN2/c1-13-5-3-4-6-16(13)12-21-14(2)11-20-18(21)15-7-9-17(19)10-8-15/h3-11H,12H2,1-2H3. The molecular weight excluding hydrogens is 263 g/mol. The predicted octanol–water partition coefficient (Wildman–Crippen LogP) is 4.35. The van der Waals surface area contributed by atoms with E-state index in [4.69, 9.17) is 0 Å². The quantitative estimate of drug-likeness (QED) is 0.697. The van der Waals surface area contributed by atoms with E-state index in [0.717, 1.165) is 23.6 Å². The highest BCUT2D eigenvalue weighted by Gasteiger charge is 2.10. The average molecular weight is 280 g/mol. The first kappa shape index (κ1) is 13.6. The summed E-state index contributed by atoms with van der Waals surface area (Å²) in [6.45, 7) is 4.92. The Balaban J connectivity index is 2.01. The maximum atomic E-state index is 13.1. The average Bonchev–Trinajstić information content (AvgIpc) is 2.84. The van der Waals surface area contributed by atoms with Crippen molar-refractivity contribution in [2.75, 3.05) is 0 Å². The van der Waals surface area contributed by atoms with E-state index in [9.17, 15) is 4.39 Å². The van der Waals surface area contributed by atoms with E-state index >= 15 is 0 Å². The van der Waals surface area contributed by atoms with Crippen molar-refractivity contribution >= 4 is 0 Å². The number of aryl methyl sites for hydroxylation is 2. The topological polar surface area (TPSA) is 17.8 Å². The van der Waals surface area contributed by atoms with Gasteiger partial charge in [-0.1, -0.05) is 24.3 Å². The summed E-state index contributed by atoms with van der Waals surface area (Å²) in [5.74, 6) is 0.642. The Morgan fingerprint density at radius 1 is 1.00 bits per heavy atom. The van der Waals surface area contributed by atoms with Crippen molar-refractivity contribution < 1.29 is 4.39 Å². The Kier molecular flexibility index (Phi) is 3.57. The van der Waals surface area contributed by atoms with Crippen LogP contribution in [0.3, 0.4) is 0 Å². The Morgan fingerprint density at radius 2 is 1.71 bits per heavy atom. The van der Waals surface area contributed by atoms with E-state index in [1.165, 1.54) is 23.3 Å². The van der Waals surface area contributed by atoms with E-state index in [2.05, 4.69) is 28.6 Å². The van der Waals surface area contributed by atoms with Crippen LogP contribution in [0, 0.1) is 19.7 Å². The lowest BCUT2D eigenvalue weighted by molar-refractivity contribution is 0.628. The molecule has 0 bridgehead atoms. The van der Waals surface area contributed by atoms with Crippen molar-refractivity contribution in [3.8, 4) is 11.4 Å². The fourth-order valence-electron chi connectivity index (χ4n) is 2.45. The van der Waals surface area contributed by atoms with E-state index in [-0.39, 0.29) is 5.82 Å². The second kappa shape index (κ2) is 5.52. The van der Waals surface area contributed by atoms with Gasteiger partial charge in [0.1, 0.15) is 11.6 Å². The molecule has 0 aliphatic rings. The van der Waals surface area contributed by atoms with Crippen LogP contribution in [0.2, 0.25) is 0 Å². The van der Waals surface area contributed by atoms with E-state index in [1.54, 1.807) is 12.1 Å². The summed E-state index contributed by atoms with van der Waals surface area (Å²) in [6, 6.07) is 14.8. The molecule has 0 spiro atoms. The lowest BCUT2D eigenvalue weighted by Gasteiger charge is -2.12. The molecule has 2 nitrogen and oxygen atoms in total. The zero-order chi connectivity index (χ0) is 14.8. The summed E-state index contributed by atoms with van der Waals surface area (Å²) in [6.07, 6.45) is 1.86. The maximum Gasteiger partial charge on any atom is 0.140 e. The van der Waals surface area contributed by atoms with Crippen LogP contribution in [0.5, 0.6) is 0 Å². The molecule has 1 aromatic heterocycles. The van der Waals surface area contributed by atoms with Crippen LogP contribution in [0.1, 0.15) is 16.8 Å². The molecule has 0 amide bonds. The van der Waals surface area contributed by atoms with Crippen molar-refractivity contribution in [2.24, 2.45) is 0 Å². The predicted molar refractivity (Wildman–Crippen MR) is 82.6 cm³/mol. The smallest absolute Gasteiger partial charge is 0.140 e. The summed E-state index contributed by atoms with van der Waals surface area (Å²) >= 11 is 0. The van der Waals surface area contributed by atoms with Gasteiger partial charge in [-0.25, -0.2) is 9.37 Å². The number of rotatable bonds is 3. The Labute approximate surface area is 123 Å². The first-order chi connectivity index (χ1) is 10.1. The minimum Gasteiger partial charge on any atom is -0.324 e. The first-order valence-electron chi connectivity index (χ1n) is 6.98. The van der Waals surface area contributed by atoms with Crippen molar-refractivity contribution in [1.82, 2.24) is 9.55 Å².